The summed E-state index contributed by atoms with van der Waals surface area (Å²) >= 11 is 1.89. The van der Waals surface area contributed by atoms with Crippen LogP contribution < -0.4 is 5.32 Å². The van der Waals surface area contributed by atoms with E-state index in [0.29, 0.717) is 0 Å². The smallest absolute Gasteiger partial charge is 0.308 e. The summed E-state index contributed by atoms with van der Waals surface area (Å²) < 4.78 is 4.81. The molecule has 1 aliphatic heterocycles. The molecule has 0 aliphatic carbocycles. The SMILES string of the molecule is CN=C(NCCCCSC)N1CCC(C(=O)OC)CC1. The number of hydrogen-bond acceptors (Lipinski definition) is 4. The van der Waals surface area contributed by atoms with Gasteiger partial charge in [0, 0.05) is 26.7 Å². The zero-order valence-electron chi connectivity index (χ0n) is 12.9. The number of nitrogens with one attached hydrogen (secondary N) is 1. The van der Waals surface area contributed by atoms with Gasteiger partial charge in [-0.1, -0.05) is 0 Å². The maximum atomic E-state index is 11.5. The van der Waals surface area contributed by atoms with Crippen molar-refractivity contribution in [2.45, 2.75) is 25.7 Å². The summed E-state index contributed by atoms with van der Waals surface area (Å²) in [6.45, 7) is 2.69. The summed E-state index contributed by atoms with van der Waals surface area (Å²) in [6, 6.07) is 0. The van der Waals surface area contributed by atoms with Crippen LogP contribution in [0.1, 0.15) is 25.7 Å². The Morgan fingerprint density at radius 3 is 2.65 bits per heavy atom. The molecule has 0 aromatic heterocycles. The van der Waals surface area contributed by atoms with Crippen LogP contribution in [0.2, 0.25) is 0 Å². The number of likely N-dealkylation sites (tertiary alicyclic amines) is 1. The van der Waals surface area contributed by atoms with E-state index in [1.807, 2.05) is 18.8 Å². The number of esters is 1. The summed E-state index contributed by atoms with van der Waals surface area (Å²) in [5.41, 5.74) is 0. The molecule has 0 bridgehead atoms. The molecule has 0 aromatic carbocycles. The Hall–Kier alpha value is -0.910. The fourth-order valence-corrected chi connectivity index (χ4v) is 2.89. The Morgan fingerprint density at radius 2 is 2.10 bits per heavy atom. The minimum Gasteiger partial charge on any atom is -0.469 e. The second-order valence-electron chi connectivity index (χ2n) is 4.96. The van der Waals surface area contributed by atoms with Gasteiger partial charge in [0.25, 0.3) is 0 Å². The van der Waals surface area contributed by atoms with Crippen LogP contribution in [0.25, 0.3) is 0 Å². The first-order valence-electron chi connectivity index (χ1n) is 7.25. The minimum absolute atomic E-state index is 0.0518. The Bertz CT molecular complexity index is 316. The molecule has 0 unspecified atom stereocenters. The van der Waals surface area contributed by atoms with E-state index in [-0.39, 0.29) is 11.9 Å². The highest BCUT2D eigenvalue weighted by molar-refractivity contribution is 7.98. The lowest BCUT2D eigenvalue weighted by Gasteiger charge is -2.33. The Labute approximate surface area is 126 Å². The predicted molar refractivity (Wildman–Crippen MR) is 85.3 cm³/mol. The van der Waals surface area contributed by atoms with Crippen LogP contribution in [-0.4, -0.2) is 62.6 Å². The molecule has 1 N–H and O–H groups in total. The van der Waals surface area contributed by atoms with E-state index in [1.54, 1.807) is 0 Å². The maximum absolute atomic E-state index is 11.5. The van der Waals surface area contributed by atoms with Crippen molar-refractivity contribution >= 4 is 23.7 Å². The van der Waals surface area contributed by atoms with Gasteiger partial charge in [-0.2, -0.15) is 11.8 Å². The highest BCUT2D eigenvalue weighted by Crippen LogP contribution is 2.18. The first kappa shape index (κ1) is 17.1. The molecule has 1 rings (SSSR count). The molecule has 1 aliphatic rings. The summed E-state index contributed by atoms with van der Waals surface area (Å²) in [4.78, 5) is 18.1. The molecule has 0 amide bonds. The highest BCUT2D eigenvalue weighted by atomic mass is 32.2. The zero-order valence-corrected chi connectivity index (χ0v) is 13.7. The quantitative estimate of drug-likeness (QED) is 0.349. The topological polar surface area (TPSA) is 53.9 Å². The van der Waals surface area contributed by atoms with Crippen LogP contribution in [0.3, 0.4) is 0 Å². The van der Waals surface area contributed by atoms with E-state index < -0.39 is 0 Å². The molecular weight excluding hydrogens is 274 g/mol. The largest absolute Gasteiger partial charge is 0.469 e. The lowest BCUT2D eigenvalue weighted by Crippen LogP contribution is -2.46. The molecule has 0 spiro atoms. The van der Waals surface area contributed by atoms with Gasteiger partial charge in [-0.25, -0.2) is 0 Å². The number of rotatable bonds is 6. The first-order valence-corrected chi connectivity index (χ1v) is 8.64. The van der Waals surface area contributed by atoms with Crippen molar-refractivity contribution < 1.29 is 9.53 Å². The van der Waals surface area contributed by atoms with Gasteiger partial charge in [0.05, 0.1) is 13.0 Å². The van der Waals surface area contributed by atoms with Gasteiger partial charge >= 0.3 is 5.97 Å². The second-order valence-corrected chi connectivity index (χ2v) is 5.94. The summed E-state index contributed by atoms with van der Waals surface area (Å²) in [5.74, 6) is 2.14. The highest BCUT2D eigenvalue weighted by Gasteiger charge is 2.26. The lowest BCUT2D eigenvalue weighted by atomic mass is 9.97. The fourth-order valence-electron chi connectivity index (χ4n) is 2.40. The third-order valence-corrected chi connectivity index (χ3v) is 4.30. The van der Waals surface area contributed by atoms with Crippen molar-refractivity contribution in [2.24, 2.45) is 10.9 Å². The average molecular weight is 301 g/mol. The number of unbranched alkanes of at least 4 members (excludes halogenated alkanes) is 1. The summed E-state index contributed by atoms with van der Waals surface area (Å²) in [6.07, 6.45) is 6.23. The third kappa shape index (κ3) is 5.61. The molecule has 1 saturated heterocycles. The predicted octanol–water partition coefficient (Wildman–Crippen LogP) is 1.59. The molecule has 6 heteroatoms. The van der Waals surface area contributed by atoms with E-state index in [0.717, 1.165) is 38.4 Å². The van der Waals surface area contributed by atoms with Crippen LogP contribution in [0.4, 0.5) is 0 Å². The number of aliphatic imine (C=N–C) groups is 1. The number of guanidine groups is 1. The first-order chi connectivity index (χ1) is 9.72. The van der Waals surface area contributed by atoms with E-state index in [2.05, 4.69) is 21.5 Å². The van der Waals surface area contributed by atoms with Crippen LogP contribution in [0, 0.1) is 5.92 Å². The van der Waals surface area contributed by atoms with E-state index in [1.165, 1.54) is 25.7 Å². The summed E-state index contributed by atoms with van der Waals surface area (Å²) in [7, 11) is 3.28. The van der Waals surface area contributed by atoms with Crippen LogP contribution >= 0.6 is 11.8 Å². The molecule has 0 atom stereocenters. The third-order valence-electron chi connectivity index (χ3n) is 3.60. The van der Waals surface area contributed by atoms with Gasteiger partial charge in [0.2, 0.25) is 0 Å². The normalized spacial score (nSPS) is 17.1. The molecule has 1 heterocycles. The van der Waals surface area contributed by atoms with Gasteiger partial charge in [-0.05, 0) is 37.7 Å². The van der Waals surface area contributed by atoms with E-state index >= 15 is 0 Å². The van der Waals surface area contributed by atoms with Crippen molar-refractivity contribution in [1.29, 1.82) is 0 Å². The van der Waals surface area contributed by atoms with Crippen molar-refractivity contribution in [1.82, 2.24) is 10.2 Å². The molecular formula is C14H27N3O2S. The molecule has 116 valence electrons. The van der Waals surface area contributed by atoms with Gasteiger partial charge < -0.3 is 15.0 Å². The van der Waals surface area contributed by atoms with Crippen molar-refractivity contribution in [3.63, 3.8) is 0 Å². The molecule has 20 heavy (non-hydrogen) atoms. The van der Waals surface area contributed by atoms with Gasteiger partial charge in [-0.3, -0.25) is 9.79 Å². The Kier molecular flexibility index (Phi) is 8.49. The number of nitrogens with zero attached hydrogens (tertiary/aromatic N) is 2. The van der Waals surface area contributed by atoms with Gasteiger partial charge in [-0.15, -0.1) is 0 Å². The lowest BCUT2D eigenvalue weighted by molar-refractivity contribution is -0.146. The van der Waals surface area contributed by atoms with Gasteiger partial charge in [0.1, 0.15) is 0 Å². The zero-order chi connectivity index (χ0) is 14.8. The number of carbonyl (C=O) groups is 1. The Morgan fingerprint density at radius 1 is 1.40 bits per heavy atom. The van der Waals surface area contributed by atoms with E-state index in [4.69, 9.17) is 4.74 Å². The Balaban J connectivity index is 2.28. The van der Waals surface area contributed by atoms with Crippen LogP contribution in [0.15, 0.2) is 4.99 Å². The minimum atomic E-state index is -0.0790. The number of methoxy groups -OCH3 is 1. The molecule has 5 nitrogen and oxygen atoms in total. The van der Waals surface area contributed by atoms with Crippen molar-refractivity contribution in [2.75, 3.05) is 45.8 Å². The maximum Gasteiger partial charge on any atom is 0.308 e. The fraction of sp³-hybridized carbons (Fsp3) is 0.857. The number of ether oxygens (including phenoxy) is 1. The second kappa shape index (κ2) is 9.91. The number of carbonyl (C=O) groups excluding carboxylic acids is 1. The number of thioether (sulfide) groups is 1. The van der Waals surface area contributed by atoms with Crippen molar-refractivity contribution in [3.05, 3.63) is 0 Å². The number of hydrogen-bond donors (Lipinski definition) is 1. The number of piperidine rings is 1. The van der Waals surface area contributed by atoms with Gasteiger partial charge in [0.15, 0.2) is 5.96 Å². The standard InChI is InChI=1S/C14H27N3O2S/c1-15-14(16-8-4-5-11-20-3)17-9-6-12(7-10-17)13(18)19-2/h12H,4-11H2,1-3H3,(H,15,16). The molecule has 0 radical (unpaired) electrons. The average Bonchev–Trinajstić information content (AvgIpc) is 2.50. The van der Waals surface area contributed by atoms with E-state index in [9.17, 15) is 4.79 Å². The monoisotopic (exact) mass is 301 g/mol. The van der Waals surface area contributed by atoms with Crippen LogP contribution in [0.5, 0.6) is 0 Å². The van der Waals surface area contributed by atoms with Crippen LogP contribution in [-0.2, 0) is 9.53 Å². The molecule has 1 fully saturated rings. The molecule has 0 aromatic rings. The molecule has 0 saturated carbocycles. The summed E-state index contributed by atoms with van der Waals surface area (Å²) in [5, 5.41) is 3.41. The van der Waals surface area contributed by atoms with Crippen molar-refractivity contribution in [3.8, 4) is 0 Å².